The smallest absolute Gasteiger partial charge is 0.171 e. The van der Waals surface area contributed by atoms with Gasteiger partial charge >= 0.3 is 0 Å². The van der Waals surface area contributed by atoms with Crippen LogP contribution in [0.1, 0.15) is 0 Å². The number of nitrogens with one attached hydrogen (secondary N) is 1. The average molecular weight is 265 g/mol. The molecule has 0 amide bonds. The molecule has 0 aliphatic heterocycles. The Morgan fingerprint density at radius 3 is 2.57 bits per heavy atom. The van der Waals surface area contributed by atoms with E-state index in [2.05, 4.69) is 27.9 Å². The number of nitrogens with two attached hydrogens (primary N) is 1. The van der Waals surface area contributed by atoms with Crippen molar-refractivity contribution < 1.29 is 4.84 Å². The maximum Gasteiger partial charge on any atom is 0.171 e. The Kier molecular flexibility index (Phi) is 6.77. The maximum absolute atomic E-state index is 5.38. The summed E-state index contributed by atoms with van der Waals surface area (Å²) in [7, 11) is 5.21. The lowest BCUT2D eigenvalue weighted by atomic mass is 10.5. The van der Waals surface area contributed by atoms with Gasteiger partial charge in [0.05, 0.1) is 7.11 Å². The van der Waals surface area contributed by atoms with Crippen LogP contribution in [-0.2, 0) is 4.84 Å². The van der Waals surface area contributed by atoms with E-state index in [0.717, 1.165) is 4.48 Å². The maximum atomic E-state index is 5.38. The third-order valence-electron chi connectivity index (χ3n) is 1.69. The minimum Gasteiger partial charge on any atom is -0.349 e. The van der Waals surface area contributed by atoms with Crippen molar-refractivity contribution >= 4 is 15.9 Å². The summed E-state index contributed by atoms with van der Waals surface area (Å²) in [6, 6.07) is 0. The highest BCUT2D eigenvalue weighted by atomic mass is 79.9. The second-order valence-corrected chi connectivity index (χ2v) is 3.57. The molecule has 0 aromatic carbocycles. The first-order valence-electron chi connectivity index (χ1n) is 4.01. The number of hydrogen-bond donors (Lipinski definition) is 2. The van der Waals surface area contributed by atoms with Crippen LogP contribution in [0, 0.1) is 0 Å². The van der Waals surface area contributed by atoms with Crippen molar-refractivity contribution in [1.29, 1.82) is 0 Å². The molecule has 3 N–H and O–H groups in total. The van der Waals surface area contributed by atoms with Crippen LogP contribution in [0.3, 0.4) is 0 Å². The summed E-state index contributed by atoms with van der Waals surface area (Å²) in [5, 5.41) is 1.58. The monoisotopic (exact) mass is 264 g/mol. The first kappa shape index (κ1) is 13.6. The lowest BCUT2D eigenvalue weighted by Gasteiger charge is -2.32. The van der Waals surface area contributed by atoms with Gasteiger partial charge in [-0.3, -0.25) is 10.7 Å². The second kappa shape index (κ2) is 6.97. The Hall–Kier alpha value is -0.400. The highest BCUT2D eigenvalue weighted by molar-refractivity contribution is 9.11. The van der Waals surface area contributed by atoms with Gasteiger partial charge in [0.2, 0.25) is 0 Å². The van der Waals surface area contributed by atoms with Crippen molar-refractivity contribution in [2.45, 2.75) is 6.29 Å². The van der Waals surface area contributed by atoms with E-state index >= 15 is 0 Å². The summed E-state index contributed by atoms with van der Waals surface area (Å²) >= 11 is 3.32. The number of allylic oxidation sites excluding steroid dienone is 2. The van der Waals surface area contributed by atoms with Gasteiger partial charge in [0, 0.05) is 24.8 Å². The molecule has 0 rings (SSSR count). The van der Waals surface area contributed by atoms with Crippen LogP contribution in [-0.4, -0.2) is 37.5 Å². The molecule has 14 heavy (non-hydrogen) atoms. The molecule has 82 valence electrons. The van der Waals surface area contributed by atoms with Crippen LogP contribution in [0.4, 0.5) is 0 Å². The minimum absolute atomic E-state index is 0.243. The van der Waals surface area contributed by atoms with Gasteiger partial charge in [-0.25, -0.2) is 5.43 Å². The summed E-state index contributed by atoms with van der Waals surface area (Å²) in [6.07, 6.45) is 3.29. The number of hydrazine groups is 1. The van der Waals surface area contributed by atoms with E-state index in [0.29, 0.717) is 0 Å². The first-order chi connectivity index (χ1) is 6.56. The zero-order valence-electron chi connectivity index (χ0n) is 8.70. The summed E-state index contributed by atoms with van der Waals surface area (Å²) in [5.41, 5.74) is 2.61. The van der Waals surface area contributed by atoms with E-state index in [4.69, 9.17) is 10.7 Å². The first-order valence-corrected chi connectivity index (χ1v) is 4.80. The van der Waals surface area contributed by atoms with Crippen LogP contribution in [0.2, 0.25) is 0 Å². The van der Waals surface area contributed by atoms with Crippen LogP contribution < -0.4 is 11.3 Å². The lowest BCUT2D eigenvalue weighted by molar-refractivity contribution is -0.179. The van der Waals surface area contributed by atoms with Crippen molar-refractivity contribution in [2.24, 2.45) is 5.84 Å². The fourth-order valence-corrected chi connectivity index (χ4v) is 1.22. The predicted octanol–water partition coefficient (Wildman–Crippen LogP) is 0.581. The summed E-state index contributed by atoms with van der Waals surface area (Å²) in [4.78, 5) is 6.86. The molecule has 0 saturated carbocycles. The van der Waals surface area contributed by atoms with Crippen molar-refractivity contribution in [3.8, 4) is 0 Å². The van der Waals surface area contributed by atoms with E-state index in [1.165, 1.54) is 0 Å². The van der Waals surface area contributed by atoms with E-state index < -0.39 is 0 Å². The van der Waals surface area contributed by atoms with Crippen molar-refractivity contribution in [3.05, 3.63) is 23.3 Å². The predicted molar refractivity (Wildman–Crippen MR) is 60.9 cm³/mol. The normalized spacial score (nSPS) is 14.3. The third-order valence-corrected chi connectivity index (χ3v) is 2.22. The van der Waals surface area contributed by atoms with Crippen molar-refractivity contribution in [1.82, 2.24) is 15.4 Å². The zero-order valence-corrected chi connectivity index (χ0v) is 10.3. The zero-order chi connectivity index (χ0) is 11.1. The molecule has 6 heteroatoms. The Morgan fingerprint density at radius 2 is 2.21 bits per heavy atom. The standard InChI is InChI=1S/C8H17BrN4O/c1-5-7(9)6-12(2)8(11-10)13(3)14-4/h5-6,8,11H,1,10H2,2-4H3/b7-6+. The molecule has 0 heterocycles. The van der Waals surface area contributed by atoms with Gasteiger partial charge < -0.3 is 4.90 Å². The summed E-state index contributed by atoms with van der Waals surface area (Å²) in [6.45, 7) is 3.63. The molecule has 1 atom stereocenters. The number of hydrogen-bond acceptors (Lipinski definition) is 5. The van der Waals surface area contributed by atoms with E-state index in [9.17, 15) is 0 Å². The van der Waals surface area contributed by atoms with Crippen molar-refractivity contribution in [2.75, 3.05) is 21.2 Å². The van der Waals surface area contributed by atoms with Gasteiger partial charge in [-0.2, -0.15) is 5.06 Å². The number of hydroxylamine groups is 2. The number of nitrogens with zero attached hydrogens (tertiary/aromatic N) is 2. The van der Waals surface area contributed by atoms with Crippen LogP contribution in [0.15, 0.2) is 23.3 Å². The molecule has 0 aromatic heterocycles. The molecule has 0 aliphatic carbocycles. The average Bonchev–Trinajstić information content (AvgIpc) is 2.18. The van der Waals surface area contributed by atoms with Gasteiger partial charge in [0.25, 0.3) is 0 Å². The van der Waals surface area contributed by atoms with Crippen LogP contribution in [0.5, 0.6) is 0 Å². The molecule has 0 saturated heterocycles. The molecule has 5 nitrogen and oxygen atoms in total. The number of halogens is 1. The van der Waals surface area contributed by atoms with Gasteiger partial charge in [-0.05, 0) is 15.9 Å². The molecule has 0 aliphatic rings. The quantitative estimate of drug-likeness (QED) is 0.318. The SMILES string of the molecule is C=C/C(Br)=C\N(C)C(NN)N(C)OC. The van der Waals surface area contributed by atoms with E-state index in [1.54, 1.807) is 25.3 Å². The molecule has 0 fully saturated rings. The van der Waals surface area contributed by atoms with Gasteiger partial charge in [0.15, 0.2) is 6.29 Å². The second-order valence-electron chi connectivity index (χ2n) is 2.65. The molecular weight excluding hydrogens is 248 g/mol. The molecule has 0 bridgehead atoms. The highest BCUT2D eigenvalue weighted by Crippen LogP contribution is 2.08. The van der Waals surface area contributed by atoms with Gasteiger partial charge in [0.1, 0.15) is 0 Å². The summed E-state index contributed by atoms with van der Waals surface area (Å²) < 4.78 is 0.866. The Labute approximate surface area is 93.2 Å². The Bertz CT molecular complexity index is 210. The Balaban J connectivity index is 4.45. The topological polar surface area (TPSA) is 53.8 Å². The van der Waals surface area contributed by atoms with E-state index in [-0.39, 0.29) is 6.29 Å². The Morgan fingerprint density at radius 1 is 1.64 bits per heavy atom. The summed E-state index contributed by atoms with van der Waals surface area (Å²) in [5.74, 6) is 5.38. The van der Waals surface area contributed by atoms with Crippen LogP contribution in [0.25, 0.3) is 0 Å². The fourth-order valence-electron chi connectivity index (χ4n) is 0.897. The molecule has 1 unspecified atom stereocenters. The molecule has 0 aromatic rings. The number of rotatable bonds is 6. The molecule has 0 spiro atoms. The van der Waals surface area contributed by atoms with E-state index in [1.807, 2.05) is 18.1 Å². The lowest BCUT2D eigenvalue weighted by Crippen LogP contribution is -2.54. The van der Waals surface area contributed by atoms with Crippen molar-refractivity contribution in [3.63, 3.8) is 0 Å². The van der Waals surface area contributed by atoms with Gasteiger partial charge in [-0.1, -0.05) is 12.7 Å². The molecular formula is C8H17BrN4O. The third kappa shape index (κ3) is 4.21. The van der Waals surface area contributed by atoms with Gasteiger partial charge in [-0.15, -0.1) is 0 Å². The molecule has 0 radical (unpaired) electrons. The minimum atomic E-state index is -0.243. The largest absolute Gasteiger partial charge is 0.349 e. The fraction of sp³-hybridized carbons (Fsp3) is 0.500. The van der Waals surface area contributed by atoms with Crippen LogP contribution >= 0.6 is 15.9 Å². The highest BCUT2D eigenvalue weighted by Gasteiger charge is 2.15.